The Morgan fingerprint density at radius 1 is 1.19 bits per heavy atom. The normalized spacial score (nSPS) is 15.3. The second-order valence-corrected chi connectivity index (χ2v) is 6.65. The quantitative estimate of drug-likeness (QED) is 0.482. The van der Waals surface area contributed by atoms with Crippen LogP contribution in [0.1, 0.15) is 40.8 Å². The van der Waals surface area contributed by atoms with Crippen molar-refractivity contribution in [3.05, 3.63) is 39.7 Å². The number of hydrogen-bond acceptors (Lipinski definition) is 5. The van der Waals surface area contributed by atoms with Gasteiger partial charge in [0, 0.05) is 34.6 Å². The third kappa shape index (κ3) is 3.05. The highest BCUT2D eigenvalue weighted by Gasteiger charge is 2.35. The summed E-state index contributed by atoms with van der Waals surface area (Å²) in [4.78, 5) is 4.46. The molecule has 2 aromatic rings. The molecule has 0 unspecified atom stereocenters. The van der Waals surface area contributed by atoms with E-state index in [1.165, 1.54) is 6.21 Å². The first kappa shape index (κ1) is 18.9. The van der Waals surface area contributed by atoms with E-state index in [-0.39, 0.29) is 5.69 Å². The summed E-state index contributed by atoms with van der Waals surface area (Å²) in [5, 5.41) is 16.0. The molecule has 1 aromatic carbocycles. The molecule has 0 saturated heterocycles. The molecule has 142 valence electrons. The maximum atomic E-state index is 13.2. The first-order valence-corrected chi connectivity index (χ1v) is 8.53. The van der Waals surface area contributed by atoms with Gasteiger partial charge in [-0.3, -0.25) is 0 Å². The zero-order chi connectivity index (χ0) is 19.9. The monoisotopic (exact) mass is 375 g/mol. The van der Waals surface area contributed by atoms with Gasteiger partial charge in [0.1, 0.15) is 5.70 Å². The van der Waals surface area contributed by atoms with Crippen molar-refractivity contribution in [3.8, 4) is 0 Å². The van der Waals surface area contributed by atoms with E-state index in [1.807, 2.05) is 0 Å². The van der Waals surface area contributed by atoms with Crippen LogP contribution in [0.25, 0.3) is 16.5 Å². The van der Waals surface area contributed by atoms with Gasteiger partial charge in [-0.25, -0.2) is 4.98 Å². The molecule has 1 aliphatic carbocycles. The number of aryl methyl sites for hydroxylation is 2. The largest absolute Gasteiger partial charge is 0.431 e. The van der Waals surface area contributed by atoms with Crippen molar-refractivity contribution in [3.63, 3.8) is 0 Å². The summed E-state index contributed by atoms with van der Waals surface area (Å²) in [5.41, 5.74) is 13.5. The van der Waals surface area contributed by atoms with Gasteiger partial charge in [-0.15, -0.1) is 0 Å². The molecular formula is C19H20F3N5. The first-order chi connectivity index (χ1) is 12.7. The lowest BCUT2D eigenvalue weighted by atomic mass is 9.84. The van der Waals surface area contributed by atoms with Crippen LogP contribution in [-0.2, 0) is 12.8 Å². The van der Waals surface area contributed by atoms with Crippen molar-refractivity contribution in [2.24, 2.45) is 5.73 Å². The topological polar surface area (TPSA) is 113 Å². The number of nitrogens with one attached hydrogen (secondary N) is 2. The minimum Gasteiger partial charge on any atom is -0.398 e. The lowest BCUT2D eigenvalue weighted by Gasteiger charge is -2.24. The Balaban J connectivity index is 2.48. The fourth-order valence-electron chi connectivity index (χ4n) is 3.67. The van der Waals surface area contributed by atoms with Gasteiger partial charge in [-0.1, -0.05) is 0 Å². The van der Waals surface area contributed by atoms with Crippen LogP contribution in [-0.4, -0.2) is 23.6 Å². The molecule has 0 spiro atoms. The molecule has 1 aliphatic rings. The second kappa shape index (κ2) is 6.68. The Hall–Kier alpha value is -2.90. The van der Waals surface area contributed by atoms with E-state index in [0.717, 1.165) is 18.4 Å². The van der Waals surface area contributed by atoms with Crippen LogP contribution in [0.5, 0.6) is 0 Å². The summed E-state index contributed by atoms with van der Waals surface area (Å²) >= 11 is 0. The Kier molecular flexibility index (Phi) is 4.67. The molecule has 0 aliphatic heterocycles. The second-order valence-electron chi connectivity index (χ2n) is 6.65. The molecule has 1 heterocycles. The van der Waals surface area contributed by atoms with Crippen LogP contribution in [0.15, 0.2) is 11.8 Å². The maximum absolute atomic E-state index is 13.2. The number of nitrogen functional groups attached to an aromatic ring is 1. The summed E-state index contributed by atoms with van der Waals surface area (Å²) in [6.07, 6.45) is -0.0713. The van der Waals surface area contributed by atoms with Crippen molar-refractivity contribution in [1.29, 1.82) is 10.8 Å². The third-order valence-corrected chi connectivity index (χ3v) is 5.02. The van der Waals surface area contributed by atoms with E-state index in [2.05, 4.69) is 4.98 Å². The number of nitrogens with two attached hydrogens (primary N) is 2. The van der Waals surface area contributed by atoms with Crippen LogP contribution in [0.4, 0.5) is 18.9 Å². The van der Waals surface area contributed by atoms with Gasteiger partial charge in [0.25, 0.3) is 0 Å². The van der Waals surface area contributed by atoms with Gasteiger partial charge in [0.2, 0.25) is 0 Å². The number of nitrogens with zero attached hydrogens (tertiary/aromatic N) is 1. The number of anilines is 1. The number of halogens is 3. The molecule has 6 N–H and O–H groups in total. The average molecular weight is 375 g/mol. The number of benzene rings is 1. The molecule has 8 heteroatoms. The Morgan fingerprint density at radius 2 is 1.81 bits per heavy atom. The smallest absolute Gasteiger partial charge is 0.398 e. The molecule has 5 nitrogen and oxygen atoms in total. The third-order valence-electron chi connectivity index (χ3n) is 5.02. The standard InChI is InChI=1S/C19H20F3N5/c1-9-6-14-15(12(7-23)16(9)25)10-4-2-3-5-11(10)17(27-14)13(8-24)18(26)19(20,21)22/h6-8,23-24H,2-5,25-26H2,1H3. The minimum absolute atomic E-state index is 0.0992. The van der Waals surface area contributed by atoms with Crippen LogP contribution in [0.2, 0.25) is 0 Å². The summed E-state index contributed by atoms with van der Waals surface area (Å²) < 4.78 is 39.6. The molecule has 3 rings (SSSR count). The minimum atomic E-state index is -4.75. The number of rotatable bonds is 3. The summed E-state index contributed by atoms with van der Waals surface area (Å²) in [6, 6.07) is 1.71. The molecule has 0 atom stereocenters. The maximum Gasteiger partial charge on any atom is 0.431 e. The highest BCUT2D eigenvalue weighted by atomic mass is 19.4. The van der Waals surface area contributed by atoms with Gasteiger partial charge in [-0.2, -0.15) is 13.2 Å². The first-order valence-electron chi connectivity index (χ1n) is 8.53. The number of hydrogen-bond donors (Lipinski definition) is 4. The van der Waals surface area contributed by atoms with Crippen LogP contribution in [0.3, 0.4) is 0 Å². The van der Waals surface area contributed by atoms with Crippen LogP contribution in [0, 0.1) is 17.7 Å². The van der Waals surface area contributed by atoms with Gasteiger partial charge < -0.3 is 22.3 Å². The lowest BCUT2D eigenvalue weighted by Crippen LogP contribution is -2.23. The van der Waals surface area contributed by atoms with Crippen molar-refractivity contribution < 1.29 is 13.2 Å². The van der Waals surface area contributed by atoms with E-state index in [4.69, 9.17) is 22.3 Å². The van der Waals surface area contributed by atoms with Crippen molar-refractivity contribution >= 4 is 34.6 Å². The number of fused-ring (bicyclic) bond motifs is 3. The predicted molar refractivity (Wildman–Crippen MR) is 101 cm³/mol. The highest BCUT2D eigenvalue weighted by molar-refractivity contribution is 6.12. The van der Waals surface area contributed by atoms with E-state index in [0.29, 0.717) is 52.3 Å². The van der Waals surface area contributed by atoms with E-state index >= 15 is 0 Å². The fraction of sp³-hybridized carbons (Fsp3) is 0.316. The average Bonchev–Trinajstić information content (AvgIpc) is 2.63. The fourth-order valence-corrected chi connectivity index (χ4v) is 3.67. The SMILES string of the molecule is Cc1cc2nc(C(C=N)=C(N)C(F)(F)F)c3c(c2c(C=N)c1N)CCCC3. The van der Waals surface area contributed by atoms with Crippen molar-refractivity contribution in [2.45, 2.75) is 38.8 Å². The molecule has 0 fully saturated rings. The summed E-state index contributed by atoms with van der Waals surface area (Å²) in [5.74, 6) is 0. The van der Waals surface area contributed by atoms with E-state index in [9.17, 15) is 13.2 Å². The Morgan fingerprint density at radius 3 is 2.37 bits per heavy atom. The van der Waals surface area contributed by atoms with Crippen molar-refractivity contribution in [2.75, 3.05) is 5.73 Å². The molecule has 1 aromatic heterocycles. The summed E-state index contributed by atoms with van der Waals surface area (Å²) in [6.45, 7) is 1.76. The number of aromatic nitrogens is 1. The number of allylic oxidation sites excluding steroid dienone is 2. The van der Waals surface area contributed by atoms with Crippen LogP contribution < -0.4 is 11.5 Å². The van der Waals surface area contributed by atoms with Gasteiger partial charge in [-0.05, 0) is 55.4 Å². The molecule has 0 radical (unpaired) electrons. The van der Waals surface area contributed by atoms with Gasteiger partial charge in [0.05, 0.1) is 11.2 Å². The van der Waals surface area contributed by atoms with Crippen molar-refractivity contribution in [1.82, 2.24) is 4.98 Å². The highest BCUT2D eigenvalue weighted by Crippen LogP contribution is 2.38. The zero-order valence-corrected chi connectivity index (χ0v) is 14.8. The molecule has 0 saturated carbocycles. The van der Waals surface area contributed by atoms with Gasteiger partial charge >= 0.3 is 6.18 Å². The zero-order valence-electron chi connectivity index (χ0n) is 14.8. The predicted octanol–water partition coefficient (Wildman–Crippen LogP) is 3.88. The van der Waals surface area contributed by atoms with E-state index in [1.54, 1.807) is 13.0 Å². The molecule has 0 amide bonds. The van der Waals surface area contributed by atoms with Crippen LogP contribution >= 0.6 is 0 Å². The lowest BCUT2D eigenvalue weighted by molar-refractivity contribution is -0.0919. The Bertz CT molecular complexity index is 989. The Labute approximate surface area is 154 Å². The number of alkyl halides is 3. The molecule has 0 bridgehead atoms. The molecular weight excluding hydrogens is 355 g/mol. The summed E-state index contributed by atoms with van der Waals surface area (Å²) in [7, 11) is 0. The van der Waals surface area contributed by atoms with E-state index < -0.39 is 17.4 Å². The number of pyridine rings is 1. The van der Waals surface area contributed by atoms with Gasteiger partial charge in [0.15, 0.2) is 0 Å². The molecule has 27 heavy (non-hydrogen) atoms.